The average Bonchev–Trinajstić information content (AvgIpc) is 3.58. The molecule has 0 atom stereocenters. The fourth-order valence-electron chi connectivity index (χ4n) is 6.61. The van der Waals surface area contributed by atoms with Crippen molar-refractivity contribution in [3.05, 3.63) is 176 Å². The van der Waals surface area contributed by atoms with Crippen LogP contribution in [0.5, 0.6) is 0 Å². The Balaban J connectivity index is 1.29. The molecule has 0 aliphatic heterocycles. The van der Waals surface area contributed by atoms with Gasteiger partial charge in [-0.25, -0.2) is 15.0 Å². The van der Waals surface area contributed by atoms with Gasteiger partial charge in [0.2, 0.25) is 0 Å². The van der Waals surface area contributed by atoms with Gasteiger partial charge in [0.15, 0.2) is 17.5 Å². The van der Waals surface area contributed by atoms with Crippen molar-refractivity contribution < 1.29 is 4.42 Å². The van der Waals surface area contributed by atoms with Gasteiger partial charge in [0.05, 0.1) is 0 Å². The van der Waals surface area contributed by atoms with E-state index in [-0.39, 0.29) is 0 Å². The van der Waals surface area contributed by atoms with Gasteiger partial charge in [-0.05, 0) is 52.1 Å². The largest absolute Gasteiger partial charge is 0.455 e. The van der Waals surface area contributed by atoms with Crippen molar-refractivity contribution in [2.24, 2.45) is 0 Å². The number of para-hydroxylation sites is 1. The molecule has 9 aromatic rings. The fraction of sp³-hybridized carbons (Fsp3) is 0. The summed E-state index contributed by atoms with van der Waals surface area (Å²) in [7, 11) is 0. The standard InChI is InChI=1S/C45H29N3O/c1-5-15-30(16-6-1)35-26-25-34(29-39(35)32-19-9-3-10-20-32)44-46-43(33-21-11-4-12-22-33)47-45(48-44)38-28-27-36(31-17-7-2-8-18-31)42-41(38)37-23-13-14-24-40(37)49-42/h1-29H. The molecule has 4 nitrogen and oxygen atoms in total. The Bertz CT molecular complexity index is 2580. The Morgan fingerprint density at radius 1 is 0.327 bits per heavy atom. The van der Waals surface area contributed by atoms with Crippen molar-refractivity contribution in [1.29, 1.82) is 0 Å². The summed E-state index contributed by atoms with van der Waals surface area (Å²) in [4.78, 5) is 15.4. The van der Waals surface area contributed by atoms with Crippen LogP contribution in [0.3, 0.4) is 0 Å². The van der Waals surface area contributed by atoms with E-state index in [1.807, 2.05) is 66.7 Å². The molecule has 0 spiro atoms. The van der Waals surface area contributed by atoms with Crippen LogP contribution in [-0.2, 0) is 0 Å². The van der Waals surface area contributed by atoms with Crippen LogP contribution in [0.2, 0.25) is 0 Å². The summed E-state index contributed by atoms with van der Waals surface area (Å²) in [6.07, 6.45) is 0. The van der Waals surface area contributed by atoms with Crippen molar-refractivity contribution in [3.63, 3.8) is 0 Å². The van der Waals surface area contributed by atoms with Gasteiger partial charge in [-0.2, -0.15) is 0 Å². The van der Waals surface area contributed by atoms with Crippen LogP contribution >= 0.6 is 0 Å². The molecule has 4 heteroatoms. The molecular weight excluding hydrogens is 599 g/mol. The van der Waals surface area contributed by atoms with Crippen LogP contribution in [0, 0.1) is 0 Å². The van der Waals surface area contributed by atoms with Gasteiger partial charge in [0.25, 0.3) is 0 Å². The van der Waals surface area contributed by atoms with Gasteiger partial charge in [-0.15, -0.1) is 0 Å². The minimum atomic E-state index is 0.591. The van der Waals surface area contributed by atoms with E-state index in [1.165, 1.54) is 0 Å². The van der Waals surface area contributed by atoms with Crippen molar-refractivity contribution >= 4 is 21.9 Å². The summed E-state index contributed by atoms with van der Waals surface area (Å²) in [5, 5.41) is 2.00. The molecule has 2 aromatic heterocycles. The van der Waals surface area contributed by atoms with Gasteiger partial charge in [-0.3, -0.25) is 0 Å². The van der Waals surface area contributed by atoms with E-state index in [0.717, 1.165) is 72.0 Å². The summed E-state index contributed by atoms with van der Waals surface area (Å²) < 4.78 is 6.58. The quantitative estimate of drug-likeness (QED) is 0.184. The molecule has 0 N–H and O–H groups in total. The normalized spacial score (nSPS) is 11.3. The van der Waals surface area contributed by atoms with E-state index in [1.54, 1.807) is 0 Å². The van der Waals surface area contributed by atoms with Crippen LogP contribution in [0.25, 0.3) is 89.5 Å². The Labute approximate surface area is 284 Å². The number of nitrogens with zero attached hydrogens (tertiary/aromatic N) is 3. The highest BCUT2D eigenvalue weighted by Gasteiger charge is 2.21. The first kappa shape index (κ1) is 28.6. The molecule has 49 heavy (non-hydrogen) atoms. The number of hydrogen-bond acceptors (Lipinski definition) is 4. The third-order valence-electron chi connectivity index (χ3n) is 8.97. The predicted molar refractivity (Wildman–Crippen MR) is 200 cm³/mol. The second-order valence-electron chi connectivity index (χ2n) is 12.0. The summed E-state index contributed by atoms with van der Waals surface area (Å²) in [5.74, 6) is 1.81. The number of furan rings is 1. The molecule has 9 rings (SSSR count). The lowest BCUT2D eigenvalue weighted by atomic mass is 9.92. The number of benzene rings is 7. The molecule has 0 saturated carbocycles. The van der Waals surface area contributed by atoms with E-state index in [2.05, 4.69) is 109 Å². The predicted octanol–water partition coefficient (Wildman–Crippen LogP) is 11.8. The Kier molecular flexibility index (Phi) is 7.10. The molecule has 0 amide bonds. The van der Waals surface area contributed by atoms with Crippen molar-refractivity contribution in [2.75, 3.05) is 0 Å². The maximum Gasteiger partial charge on any atom is 0.164 e. The second kappa shape index (κ2) is 12.2. The molecule has 0 saturated heterocycles. The first-order valence-electron chi connectivity index (χ1n) is 16.4. The zero-order chi connectivity index (χ0) is 32.6. The number of fused-ring (bicyclic) bond motifs is 3. The lowest BCUT2D eigenvalue weighted by Crippen LogP contribution is -2.01. The number of aromatic nitrogens is 3. The van der Waals surface area contributed by atoms with E-state index in [4.69, 9.17) is 19.4 Å². The molecular formula is C45H29N3O. The van der Waals surface area contributed by atoms with Gasteiger partial charge < -0.3 is 4.42 Å². The molecule has 2 heterocycles. The highest BCUT2D eigenvalue weighted by atomic mass is 16.3. The molecule has 0 unspecified atom stereocenters. The molecule has 230 valence electrons. The van der Waals surface area contributed by atoms with Crippen molar-refractivity contribution in [3.8, 4) is 67.5 Å². The van der Waals surface area contributed by atoms with E-state index >= 15 is 0 Å². The Hall–Kier alpha value is -6.65. The van der Waals surface area contributed by atoms with Crippen LogP contribution in [0.15, 0.2) is 180 Å². The topological polar surface area (TPSA) is 51.8 Å². The molecule has 0 aliphatic rings. The first-order valence-corrected chi connectivity index (χ1v) is 16.4. The van der Waals surface area contributed by atoms with E-state index < -0.39 is 0 Å². The zero-order valence-corrected chi connectivity index (χ0v) is 26.5. The zero-order valence-electron chi connectivity index (χ0n) is 26.5. The van der Waals surface area contributed by atoms with Crippen LogP contribution in [-0.4, -0.2) is 15.0 Å². The number of hydrogen-bond donors (Lipinski definition) is 0. The summed E-state index contributed by atoms with van der Waals surface area (Å²) in [6.45, 7) is 0. The lowest BCUT2D eigenvalue weighted by molar-refractivity contribution is 0.670. The maximum absolute atomic E-state index is 6.58. The minimum Gasteiger partial charge on any atom is -0.455 e. The molecule has 0 radical (unpaired) electrons. The average molecular weight is 628 g/mol. The lowest BCUT2D eigenvalue weighted by Gasteiger charge is -2.14. The molecule has 0 aliphatic carbocycles. The summed E-state index contributed by atoms with van der Waals surface area (Å²) in [6, 6.07) is 60.3. The van der Waals surface area contributed by atoms with Crippen LogP contribution in [0.4, 0.5) is 0 Å². The summed E-state index contributed by atoms with van der Waals surface area (Å²) in [5.41, 5.74) is 11.0. The Morgan fingerprint density at radius 2 is 0.796 bits per heavy atom. The highest BCUT2D eigenvalue weighted by Crippen LogP contribution is 2.42. The summed E-state index contributed by atoms with van der Waals surface area (Å²) >= 11 is 0. The van der Waals surface area contributed by atoms with Crippen molar-refractivity contribution in [2.45, 2.75) is 0 Å². The van der Waals surface area contributed by atoms with E-state index in [0.29, 0.717) is 17.5 Å². The molecule has 7 aromatic carbocycles. The Morgan fingerprint density at radius 3 is 1.45 bits per heavy atom. The first-order chi connectivity index (χ1) is 24.3. The van der Waals surface area contributed by atoms with Crippen LogP contribution in [0.1, 0.15) is 0 Å². The van der Waals surface area contributed by atoms with Gasteiger partial charge in [0.1, 0.15) is 11.2 Å². The van der Waals surface area contributed by atoms with E-state index in [9.17, 15) is 0 Å². The fourth-order valence-corrected chi connectivity index (χ4v) is 6.61. The smallest absolute Gasteiger partial charge is 0.164 e. The molecule has 0 bridgehead atoms. The monoisotopic (exact) mass is 627 g/mol. The van der Waals surface area contributed by atoms with Crippen LogP contribution < -0.4 is 0 Å². The third kappa shape index (κ3) is 5.26. The number of rotatable bonds is 6. The van der Waals surface area contributed by atoms with Gasteiger partial charge in [0, 0.05) is 33.0 Å². The van der Waals surface area contributed by atoms with Gasteiger partial charge >= 0.3 is 0 Å². The highest BCUT2D eigenvalue weighted by molar-refractivity contribution is 6.15. The third-order valence-corrected chi connectivity index (χ3v) is 8.97. The maximum atomic E-state index is 6.58. The van der Waals surface area contributed by atoms with Gasteiger partial charge in [-0.1, -0.05) is 152 Å². The minimum absolute atomic E-state index is 0.591. The molecule has 0 fully saturated rings. The van der Waals surface area contributed by atoms with Crippen molar-refractivity contribution in [1.82, 2.24) is 15.0 Å². The second-order valence-corrected chi connectivity index (χ2v) is 12.0. The SMILES string of the molecule is c1ccc(-c2nc(-c3ccc(-c4ccccc4)c(-c4ccccc4)c3)nc(-c3ccc(-c4ccccc4)c4oc5ccccc5c34)n2)cc1.